The second-order valence-electron chi connectivity index (χ2n) is 3.66. The molecule has 3 rings (SSSR count). The summed E-state index contributed by atoms with van der Waals surface area (Å²) in [5.74, 6) is 0.688. The van der Waals surface area contributed by atoms with Crippen molar-refractivity contribution in [3.63, 3.8) is 0 Å². The van der Waals surface area contributed by atoms with Crippen LogP contribution < -0.4 is 5.32 Å². The molecule has 0 radical (unpaired) electrons. The minimum absolute atomic E-state index is 0.546. The van der Waals surface area contributed by atoms with Gasteiger partial charge in [0.2, 0.25) is 0 Å². The van der Waals surface area contributed by atoms with Gasteiger partial charge < -0.3 is 5.32 Å². The third-order valence-corrected chi connectivity index (χ3v) is 3.37. The Balaban J connectivity index is 1.89. The van der Waals surface area contributed by atoms with Crippen LogP contribution in [-0.2, 0) is 0 Å². The van der Waals surface area contributed by atoms with Gasteiger partial charge in [-0.1, -0.05) is 23.5 Å². The maximum absolute atomic E-state index is 8.69. The molecule has 18 heavy (non-hydrogen) atoms. The number of fused-ring (bicyclic) bond motifs is 1. The Morgan fingerprint density at radius 1 is 1.17 bits per heavy atom. The molecule has 0 saturated heterocycles. The highest BCUT2D eigenvalue weighted by atomic mass is 32.1. The molecule has 5 heteroatoms. The fraction of sp³-hybridized carbons (Fsp3) is 0. The molecule has 2 heterocycles. The van der Waals surface area contributed by atoms with Gasteiger partial charge in [-0.15, -0.1) is 0 Å². The van der Waals surface area contributed by atoms with E-state index in [9.17, 15) is 0 Å². The van der Waals surface area contributed by atoms with Gasteiger partial charge in [0.1, 0.15) is 11.9 Å². The van der Waals surface area contributed by atoms with Crippen LogP contribution in [0.4, 0.5) is 10.9 Å². The van der Waals surface area contributed by atoms with Crippen molar-refractivity contribution >= 4 is 32.5 Å². The number of thiazole rings is 1. The van der Waals surface area contributed by atoms with E-state index in [0.717, 1.165) is 15.3 Å². The van der Waals surface area contributed by atoms with Gasteiger partial charge in [-0.3, -0.25) is 0 Å². The first-order valence-electron chi connectivity index (χ1n) is 5.34. The lowest BCUT2D eigenvalue weighted by Crippen LogP contribution is -1.92. The predicted molar refractivity (Wildman–Crippen MR) is 71.9 cm³/mol. The molecule has 0 saturated carbocycles. The number of pyridine rings is 1. The van der Waals surface area contributed by atoms with Gasteiger partial charge in [-0.25, -0.2) is 9.97 Å². The van der Waals surface area contributed by atoms with Crippen molar-refractivity contribution in [2.75, 3.05) is 5.32 Å². The van der Waals surface area contributed by atoms with Crippen LogP contribution in [0.5, 0.6) is 0 Å². The van der Waals surface area contributed by atoms with Crippen molar-refractivity contribution in [1.29, 1.82) is 5.26 Å². The molecule has 0 unspecified atom stereocenters. The van der Waals surface area contributed by atoms with Gasteiger partial charge in [0.05, 0.1) is 15.8 Å². The summed E-state index contributed by atoms with van der Waals surface area (Å²) in [6.07, 6.45) is 1.54. The van der Waals surface area contributed by atoms with Crippen molar-refractivity contribution < 1.29 is 0 Å². The van der Waals surface area contributed by atoms with E-state index < -0.39 is 0 Å². The van der Waals surface area contributed by atoms with E-state index in [2.05, 4.69) is 15.3 Å². The van der Waals surface area contributed by atoms with Crippen LogP contribution in [0.15, 0.2) is 42.6 Å². The standard InChI is InChI=1S/C13H8N4S/c14-7-9-5-6-12(15-8-9)17-13-16-10-3-1-2-4-11(10)18-13/h1-6,8H,(H,15,16,17). The number of hydrogen-bond donors (Lipinski definition) is 1. The second kappa shape index (κ2) is 4.43. The van der Waals surface area contributed by atoms with E-state index in [1.807, 2.05) is 30.3 Å². The first-order valence-corrected chi connectivity index (χ1v) is 6.15. The van der Waals surface area contributed by atoms with Crippen LogP contribution in [0.2, 0.25) is 0 Å². The number of anilines is 2. The Morgan fingerprint density at radius 2 is 2.06 bits per heavy atom. The first-order chi connectivity index (χ1) is 8.85. The fourth-order valence-corrected chi connectivity index (χ4v) is 2.44. The average molecular weight is 252 g/mol. The quantitative estimate of drug-likeness (QED) is 0.760. The summed E-state index contributed by atoms with van der Waals surface area (Å²) >= 11 is 1.57. The molecule has 0 aliphatic heterocycles. The smallest absolute Gasteiger partial charge is 0.189 e. The summed E-state index contributed by atoms with van der Waals surface area (Å²) in [6.45, 7) is 0. The summed E-state index contributed by atoms with van der Waals surface area (Å²) in [5, 5.41) is 12.6. The van der Waals surface area contributed by atoms with Gasteiger partial charge >= 0.3 is 0 Å². The molecule has 0 aliphatic carbocycles. The Hall–Kier alpha value is -2.45. The lowest BCUT2D eigenvalue weighted by molar-refractivity contribution is 1.28. The Bertz CT molecular complexity index is 692. The molecule has 1 N–H and O–H groups in total. The maximum Gasteiger partial charge on any atom is 0.189 e. The SMILES string of the molecule is N#Cc1ccc(Nc2nc3ccccc3s2)nc1. The maximum atomic E-state index is 8.69. The monoisotopic (exact) mass is 252 g/mol. The number of rotatable bonds is 2. The van der Waals surface area contributed by atoms with Crippen molar-refractivity contribution in [3.8, 4) is 6.07 Å². The molecule has 86 valence electrons. The average Bonchev–Trinajstić information content (AvgIpc) is 2.82. The Kier molecular flexibility index (Phi) is 2.63. The molecule has 1 aromatic carbocycles. The topological polar surface area (TPSA) is 61.6 Å². The molecule has 0 amide bonds. The lowest BCUT2D eigenvalue weighted by atomic mass is 10.3. The highest BCUT2D eigenvalue weighted by Crippen LogP contribution is 2.27. The van der Waals surface area contributed by atoms with Gasteiger partial charge in [0, 0.05) is 6.20 Å². The van der Waals surface area contributed by atoms with E-state index in [1.54, 1.807) is 23.5 Å². The largest absolute Gasteiger partial charge is 0.316 e. The zero-order valence-corrected chi connectivity index (χ0v) is 10.1. The normalized spacial score (nSPS) is 10.2. The molecule has 0 aliphatic rings. The Labute approximate surface area is 108 Å². The molecule has 0 bridgehead atoms. The lowest BCUT2D eigenvalue weighted by Gasteiger charge is -1.99. The van der Waals surface area contributed by atoms with Crippen molar-refractivity contribution in [3.05, 3.63) is 48.2 Å². The number of aromatic nitrogens is 2. The number of para-hydroxylation sites is 1. The zero-order valence-electron chi connectivity index (χ0n) is 9.29. The van der Waals surface area contributed by atoms with Crippen molar-refractivity contribution in [1.82, 2.24) is 9.97 Å². The molecule has 0 fully saturated rings. The van der Waals surface area contributed by atoms with Crippen molar-refractivity contribution in [2.24, 2.45) is 0 Å². The van der Waals surface area contributed by atoms with E-state index in [-0.39, 0.29) is 0 Å². The van der Waals surface area contributed by atoms with Gasteiger partial charge in [0.15, 0.2) is 5.13 Å². The van der Waals surface area contributed by atoms with E-state index in [0.29, 0.717) is 11.4 Å². The van der Waals surface area contributed by atoms with Crippen LogP contribution in [-0.4, -0.2) is 9.97 Å². The molecular weight excluding hydrogens is 244 g/mol. The summed E-state index contributed by atoms with van der Waals surface area (Å²) < 4.78 is 1.13. The van der Waals surface area contributed by atoms with Gasteiger partial charge in [-0.2, -0.15) is 5.26 Å². The van der Waals surface area contributed by atoms with Crippen LogP contribution in [0.3, 0.4) is 0 Å². The van der Waals surface area contributed by atoms with E-state index in [1.165, 1.54) is 6.20 Å². The third kappa shape index (κ3) is 2.01. The summed E-state index contributed by atoms with van der Waals surface area (Å²) in [6, 6.07) is 13.5. The van der Waals surface area contributed by atoms with Gasteiger partial charge in [0.25, 0.3) is 0 Å². The summed E-state index contributed by atoms with van der Waals surface area (Å²) in [5.41, 5.74) is 1.52. The van der Waals surface area contributed by atoms with Crippen LogP contribution in [0.25, 0.3) is 10.2 Å². The van der Waals surface area contributed by atoms with E-state index in [4.69, 9.17) is 5.26 Å². The van der Waals surface area contributed by atoms with Crippen LogP contribution in [0, 0.1) is 11.3 Å². The van der Waals surface area contributed by atoms with Gasteiger partial charge in [-0.05, 0) is 24.3 Å². The number of nitriles is 1. The van der Waals surface area contributed by atoms with E-state index >= 15 is 0 Å². The number of nitrogens with zero attached hydrogens (tertiary/aromatic N) is 3. The number of hydrogen-bond acceptors (Lipinski definition) is 5. The minimum Gasteiger partial charge on any atom is -0.316 e. The molecule has 0 spiro atoms. The second-order valence-corrected chi connectivity index (χ2v) is 4.69. The minimum atomic E-state index is 0.546. The molecule has 0 atom stereocenters. The zero-order chi connectivity index (χ0) is 12.4. The number of nitrogens with one attached hydrogen (secondary N) is 1. The number of benzene rings is 1. The van der Waals surface area contributed by atoms with Crippen LogP contribution >= 0.6 is 11.3 Å². The highest BCUT2D eigenvalue weighted by Gasteiger charge is 2.03. The summed E-state index contributed by atoms with van der Waals surface area (Å²) in [7, 11) is 0. The molecule has 2 aromatic heterocycles. The summed E-state index contributed by atoms with van der Waals surface area (Å²) in [4.78, 5) is 8.60. The first kappa shape index (κ1) is 10.7. The molecule has 3 aromatic rings. The molecule has 4 nitrogen and oxygen atoms in total. The van der Waals surface area contributed by atoms with Crippen molar-refractivity contribution in [2.45, 2.75) is 0 Å². The molecular formula is C13H8N4S. The fourth-order valence-electron chi connectivity index (χ4n) is 1.57. The predicted octanol–water partition coefficient (Wildman–Crippen LogP) is 3.31. The Morgan fingerprint density at radius 3 is 2.78 bits per heavy atom. The highest BCUT2D eigenvalue weighted by molar-refractivity contribution is 7.22. The third-order valence-electron chi connectivity index (χ3n) is 2.42. The van der Waals surface area contributed by atoms with Crippen LogP contribution in [0.1, 0.15) is 5.56 Å².